The summed E-state index contributed by atoms with van der Waals surface area (Å²) in [6.45, 7) is 3.84. The zero-order valence-electron chi connectivity index (χ0n) is 11.7. The Morgan fingerprint density at radius 3 is 2.50 bits per heavy atom. The molecule has 1 unspecified atom stereocenters. The zero-order valence-corrected chi connectivity index (χ0v) is 14.1. The number of hydrogen-bond donors (Lipinski definition) is 2. The monoisotopic (exact) mass is 362 g/mol. The van der Waals surface area contributed by atoms with Gasteiger partial charge >= 0.3 is 0 Å². The average Bonchev–Trinajstić information content (AvgIpc) is 2.29. The minimum atomic E-state index is -3.12. The Balaban J connectivity index is 2.76. The van der Waals surface area contributed by atoms with E-state index >= 15 is 0 Å². The van der Waals surface area contributed by atoms with Crippen LogP contribution < -0.4 is 11.1 Å². The van der Waals surface area contributed by atoms with Gasteiger partial charge in [0.1, 0.15) is 9.84 Å². The van der Waals surface area contributed by atoms with Crippen LogP contribution in [0.4, 0.5) is 5.69 Å². The number of nitrogens with one attached hydrogen (secondary N) is 1. The first-order chi connectivity index (χ1) is 9.10. The van der Waals surface area contributed by atoms with Gasteiger partial charge in [-0.3, -0.25) is 4.79 Å². The number of sulfone groups is 1. The van der Waals surface area contributed by atoms with Gasteiger partial charge in [-0.15, -0.1) is 0 Å². The van der Waals surface area contributed by atoms with E-state index in [4.69, 9.17) is 5.73 Å². The molecule has 0 aliphatic heterocycles. The van der Waals surface area contributed by atoms with E-state index in [1.807, 2.05) is 26.0 Å². The molecule has 7 heteroatoms. The summed E-state index contributed by atoms with van der Waals surface area (Å²) in [5, 5.41) is 2.74. The van der Waals surface area contributed by atoms with Crippen molar-refractivity contribution >= 4 is 37.4 Å². The van der Waals surface area contributed by atoms with Crippen LogP contribution in [0, 0.1) is 13.8 Å². The van der Waals surface area contributed by atoms with E-state index in [0.717, 1.165) is 21.9 Å². The van der Waals surface area contributed by atoms with E-state index in [9.17, 15) is 13.2 Å². The molecule has 1 rings (SSSR count). The number of halogens is 1. The highest BCUT2D eigenvalue weighted by Gasteiger charge is 2.18. The van der Waals surface area contributed by atoms with E-state index in [2.05, 4.69) is 21.2 Å². The smallest absolute Gasteiger partial charge is 0.241 e. The number of amides is 1. The Kier molecular flexibility index (Phi) is 5.73. The van der Waals surface area contributed by atoms with Crippen molar-refractivity contribution in [3.8, 4) is 0 Å². The summed E-state index contributed by atoms with van der Waals surface area (Å²) in [7, 11) is -3.12. The van der Waals surface area contributed by atoms with Crippen molar-refractivity contribution in [2.45, 2.75) is 26.3 Å². The standard InChI is InChI=1S/C13H19BrN2O3S/c1-8-6-9(2)12(10(14)7-8)16-13(17)11(15)4-5-20(3,18)19/h6-7,11H,4-5,15H2,1-3H3,(H,16,17). The molecule has 3 N–H and O–H groups in total. The van der Waals surface area contributed by atoms with Crippen molar-refractivity contribution < 1.29 is 13.2 Å². The largest absolute Gasteiger partial charge is 0.323 e. The topological polar surface area (TPSA) is 89.3 Å². The first-order valence-corrected chi connectivity index (χ1v) is 8.96. The fraction of sp³-hybridized carbons (Fsp3) is 0.462. The van der Waals surface area contributed by atoms with Crippen LogP contribution in [0.25, 0.3) is 0 Å². The molecule has 1 atom stereocenters. The lowest BCUT2D eigenvalue weighted by molar-refractivity contribution is -0.117. The van der Waals surface area contributed by atoms with Crippen LogP contribution in [0.1, 0.15) is 17.5 Å². The lowest BCUT2D eigenvalue weighted by atomic mass is 10.1. The molecule has 0 spiro atoms. The molecule has 5 nitrogen and oxygen atoms in total. The molecule has 0 saturated heterocycles. The third kappa shape index (κ3) is 5.22. The summed E-state index contributed by atoms with van der Waals surface area (Å²) >= 11 is 3.39. The molecule has 0 radical (unpaired) electrons. The Morgan fingerprint density at radius 2 is 2.00 bits per heavy atom. The predicted molar refractivity (Wildman–Crippen MR) is 84.5 cm³/mol. The fourth-order valence-electron chi connectivity index (χ4n) is 1.76. The average molecular weight is 363 g/mol. The van der Waals surface area contributed by atoms with Gasteiger partial charge in [0.05, 0.1) is 17.5 Å². The summed E-state index contributed by atoms with van der Waals surface area (Å²) < 4.78 is 22.9. The first kappa shape index (κ1) is 17.1. The van der Waals surface area contributed by atoms with Gasteiger partial charge in [0.2, 0.25) is 5.91 Å². The molecule has 0 aliphatic carbocycles. The van der Waals surface area contributed by atoms with E-state index in [1.54, 1.807) is 0 Å². The minimum absolute atomic E-state index is 0.102. The maximum atomic E-state index is 12.0. The molecule has 1 amide bonds. The van der Waals surface area contributed by atoms with Crippen LogP contribution in [-0.2, 0) is 14.6 Å². The highest BCUT2D eigenvalue weighted by molar-refractivity contribution is 9.10. The molecule has 1 aromatic carbocycles. The molecule has 0 heterocycles. The lowest BCUT2D eigenvalue weighted by Crippen LogP contribution is -2.37. The van der Waals surface area contributed by atoms with E-state index in [-0.39, 0.29) is 18.1 Å². The second kappa shape index (κ2) is 6.69. The number of carbonyl (C=O) groups excluding carboxylic acids is 1. The SMILES string of the molecule is Cc1cc(C)c(NC(=O)C(N)CCS(C)(=O)=O)c(Br)c1. The number of hydrogen-bond acceptors (Lipinski definition) is 4. The molecule has 0 aromatic heterocycles. The second-order valence-electron chi connectivity index (χ2n) is 4.95. The van der Waals surface area contributed by atoms with Gasteiger partial charge in [-0.1, -0.05) is 6.07 Å². The van der Waals surface area contributed by atoms with Gasteiger partial charge in [-0.05, 0) is 53.4 Å². The van der Waals surface area contributed by atoms with Crippen molar-refractivity contribution in [2.75, 3.05) is 17.3 Å². The number of rotatable bonds is 5. The summed E-state index contributed by atoms with van der Waals surface area (Å²) in [4.78, 5) is 12.0. The molecular formula is C13H19BrN2O3S. The quantitative estimate of drug-likeness (QED) is 0.834. The third-order valence-electron chi connectivity index (χ3n) is 2.82. The second-order valence-corrected chi connectivity index (χ2v) is 8.07. The van der Waals surface area contributed by atoms with E-state index in [1.165, 1.54) is 0 Å². The molecule has 0 fully saturated rings. The van der Waals surface area contributed by atoms with Crippen LogP contribution in [0.15, 0.2) is 16.6 Å². The van der Waals surface area contributed by atoms with Gasteiger partial charge in [-0.2, -0.15) is 0 Å². The number of anilines is 1. The summed E-state index contributed by atoms with van der Waals surface area (Å²) in [5.41, 5.74) is 8.37. The van der Waals surface area contributed by atoms with Gasteiger partial charge < -0.3 is 11.1 Å². The highest BCUT2D eigenvalue weighted by Crippen LogP contribution is 2.27. The lowest BCUT2D eigenvalue weighted by Gasteiger charge is -2.15. The predicted octanol–water partition coefficient (Wildman–Crippen LogP) is 1.77. The Morgan fingerprint density at radius 1 is 1.40 bits per heavy atom. The van der Waals surface area contributed by atoms with Gasteiger partial charge in [0.15, 0.2) is 0 Å². The minimum Gasteiger partial charge on any atom is -0.323 e. The zero-order chi connectivity index (χ0) is 15.5. The molecular weight excluding hydrogens is 344 g/mol. The maximum Gasteiger partial charge on any atom is 0.241 e. The van der Waals surface area contributed by atoms with Crippen molar-refractivity contribution in [3.05, 3.63) is 27.7 Å². The van der Waals surface area contributed by atoms with Crippen LogP contribution in [0.2, 0.25) is 0 Å². The van der Waals surface area contributed by atoms with Crippen LogP contribution in [0.3, 0.4) is 0 Å². The molecule has 0 bridgehead atoms. The molecule has 0 saturated carbocycles. The molecule has 1 aromatic rings. The van der Waals surface area contributed by atoms with Gasteiger partial charge in [0, 0.05) is 10.7 Å². The molecule has 0 aliphatic rings. The van der Waals surface area contributed by atoms with Crippen LogP contribution in [0.5, 0.6) is 0 Å². The van der Waals surface area contributed by atoms with E-state index < -0.39 is 15.9 Å². The maximum absolute atomic E-state index is 12.0. The summed E-state index contributed by atoms with van der Waals surface area (Å²) in [6, 6.07) is 2.99. The Hall–Kier alpha value is -0.920. The number of carbonyl (C=O) groups is 1. The van der Waals surface area contributed by atoms with Gasteiger partial charge in [-0.25, -0.2) is 8.42 Å². The Bertz CT molecular complexity index is 591. The number of nitrogens with two attached hydrogens (primary N) is 1. The number of aryl methyl sites for hydroxylation is 2. The molecule has 20 heavy (non-hydrogen) atoms. The normalized spacial score (nSPS) is 13.1. The third-order valence-corrected chi connectivity index (χ3v) is 4.42. The van der Waals surface area contributed by atoms with Crippen molar-refractivity contribution in [3.63, 3.8) is 0 Å². The van der Waals surface area contributed by atoms with Crippen LogP contribution >= 0.6 is 15.9 Å². The van der Waals surface area contributed by atoms with Crippen molar-refractivity contribution in [1.29, 1.82) is 0 Å². The van der Waals surface area contributed by atoms with Crippen LogP contribution in [-0.4, -0.2) is 32.4 Å². The summed E-state index contributed by atoms with van der Waals surface area (Å²) in [5.74, 6) is -0.489. The van der Waals surface area contributed by atoms with Crippen molar-refractivity contribution in [1.82, 2.24) is 0 Å². The highest BCUT2D eigenvalue weighted by atomic mass is 79.9. The van der Waals surface area contributed by atoms with E-state index in [0.29, 0.717) is 5.69 Å². The Labute approximate surface area is 128 Å². The summed E-state index contributed by atoms with van der Waals surface area (Å²) in [6.07, 6.45) is 1.23. The van der Waals surface area contributed by atoms with Gasteiger partial charge in [0.25, 0.3) is 0 Å². The first-order valence-electron chi connectivity index (χ1n) is 6.11. The van der Waals surface area contributed by atoms with Crippen molar-refractivity contribution in [2.24, 2.45) is 5.73 Å². The fourth-order valence-corrected chi connectivity index (χ4v) is 3.22. The number of benzene rings is 1. The molecule has 112 valence electrons.